The molecule has 1 aliphatic carbocycles. The Bertz CT molecular complexity index is 860. The number of rotatable bonds is 6. The molecule has 1 heterocycles. The number of hydrogen-bond donors (Lipinski definition) is 1. The molecule has 28 heavy (non-hydrogen) atoms. The summed E-state index contributed by atoms with van der Waals surface area (Å²) >= 11 is 5.82. The number of hydrogen-bond acceptors (Lipinski definition) is 3. The van der Waals surface area contributed by atoms with Crippen molar-refractivity contribution in [1.82, 2.24) is 4.98 Å². The number of aryl methyl sites for hydroxylation is 1. The maximum atomic E-state index is 6.13. The van der Waals surface area contributed by atoms with Crippen molar-refractivity contribution in [3.63, 3.8) is 0 Å². The summed E-state index contributed by atoms with van der Waals surface area (Å²) in [6.45, 7) is 6.22. The van der Waals surface area contributed by atoms with Gasteiger partial charge in [0.15, 0.2) is 0 Å². The summed E-state index contributed by atoms with van der Waals surface area (Å²) in [7, 11) is 0. The fourth-order valence-corrected chi connectivity index (χ4v) is 2.91. The Morgan fingerprint density at radius 2 is 1.96 bits per heavy atom. The Balaban J connectivity index is 0.000000261. The van der Waals surface area contributed by atoms with Gasteiger partial charge in [-0.05, 0) is 61.9 Å². The van der Waals surface area contributed by atoms with E-state index in [0.717, 1.165) is 59.8 Å². The summed E-state index contributed by atoms with van der Waals surface area (Å²) in [6, 6.07) is 11.9. The SMILES string of the molecule is C/C=C(\N=CCCC)c1cc(C(N)=C2CC2)ccn1.CCc1ccccc1Cl. The molecular weight excluding hydrogens is 366 g/mol. The largest absolute Gasteiger partial charge is 0.398 e. The summed E-state index contributed by atoms with van der Waals surface area (Å²) in [4.78, 5) is 8.87. The first-order valence-corrected chi connectivity index (χ1v) is 10.3. The van der Waals surface area contributed by atoms with E-state index >= 15 is 0 Å². The molecule has 1 aromatic heterocycles. The molecule has 3 rings (SSSR count). The molecule has 1 saturated carbocycles. The summed E-state index contributed by atoms with van der Waals surface area (Å²) in [6.07, 6.45) is 11.1. The summed E-state index contributed by atoms with van der Waals surface area (Å²) in [5.41, 5.74) is 12.5. The van der Waals surface area contributed by atoms with E-state index in [-0.39, 0.29) is 0 Å². The zero-order valence-corrected chi connectivity index (χ0v) is 17.8. The van der Waals surface area contributed by atoms with Crippen molar-refractivity contribution in [2.75, 3.05) is 0 Å². The first kappa shape index (κ1) is 21.9. The van der Waals surface area contributed by atoms with Gasteiger partial charge in [0.1, 0.15) is 0 Å². The van der Waals surface area contributed by atoms with Gasteiger partial charge in [-0.15, -0.1) is 0 Å². The number of pyridine rings is 1. The van der Waals surface area contributed by atoms with Crippen LogP contribution in [0.3, 0.4) is 0 Å². The first-order valence-electron chi connectivity index (χ1n) is 9.97. The van der Waals surface area contributed by atoms with Crippen molar-refractivity contribution in [2.24, 2.45) is 10.7 Å². The number of aliphatic imine (C=N–C) groups is 1. The molecule has 1 aliphatic rings. The van der Waals surface area contributed by atoms with Gasteiger partial charge >= 0.3 is 0 Å². The molecule has 4 heteroatoms. The monoisotopic (exact) mass is 395 g/mol. The molecular formula is C24H30ClN3. The number of aromatic nitrogens is 1. The van der Waals surface area contributed by atoms with E-state index in [2.05, 4.69) is 23.8 Å². The van der Waals surface area contributed by atoms with Gasteiger partial charge in [0, 0.05) is 28.7 Å². The van der Waals surface area contributed by atoms with E-state index in [9.17, 15) is 0 Å². The van der Waals surface area contributed by atoms with Gasteiger partial charge < -0.3 is 5.73 Å². The molecule has 1 fully saturated rings. The van der Waals surface area contributed by atoms with Gasteiger partial charge in [-0.2, -0.15) is 0 Å². The van der Waals surface area contributed by atoms with E-state index in [1.807, 2.05) is 55.6 Å². The zero-order valence-electron chi connectivity index (χ0n) is 17.1. The Kier molecular flexibility index (Phi) is 8.96. The smallest absolute Gasteiger partial charge is 0.0889 e. The summed E-state index contributed by atoms with van der Waals surface area (Å²) in [5, 5.41) is 0.875. The van der Waals surface area contributed by atoms with Crippen LogP contribution < -0.4 is 5.73 Å². The van der Waals surface area contributed by atoms with Gasteiger partial charge in [0.05, 0.1) is 11.4 Å². The maximum Gasteiger partial charge on any atom is 0.0889 e. The number of benzene rings is 1. The van der Waals surface area contributed by atoms with Crippen molar-refractivity contribution in [1.29, 1.82) is 0 Å². The topological polar surface area (TPSA) is 51.3 Å². The quantitative estimate of drug-likeness (QED) is 0.554. The van der Waals surface area contributed by atoms with Crippen LogP contribution in [0.2, 0.25) is 5.02 Å². The lowest BCUT2D eigenvalue weighted by Crippen LogP contribution is -1.98. The molecule has 0 aliphatic heterocycles. The molecule has 1 aromatic carbocycles. The number of nitrogens with zero attached hydrogens (tertiary/aromatic N) is 2. The number of unbranched alkanes of at least 4 members (excludes halogenated alkanes) is 1. The lowest BCUT2D eigenvalue weighted by molar-refractivity contribution is 1.01. The minimum absolute atomic E-state index is 0.875. The lowest BCUT2D eigenvalue weighted by atomic mass is 10.1. The van der Waals surface area contributed by atoms with E-state index in [4.69, 9.17) is 17.3 Å². The third-order valence-electron chi connectivity index (χ3n) is 4.47. The molecule has 2 N–H and O–H groups in total. The lowest BCUT2D eigenvalue weighted by Gasteiger charge is -2.05. The third-order valence-corrected chi connectivity index (χ3v) is 4.84. The minimum Gasteiger partial charge on any atom is -0.398 e. The highest BCUT2D eigenvalue weighted by molar-refractivity contribution is 6.31. The van der Waals surface area contributed by atoms with Crippen molar-refractivity contribution < 1.29 is 0 Å². The Morgan fingerprint density at radius 1 is 1.21 bits per heavy atom. The van der Waals surface area contributed by atoms with Gasteiger partial charge in [-0.1, -0.05) is 56.1 Å². The van der Waals surface area contributed by atoms with E-state index in [0.29, 0.717) is 0 Å². The van der Waals surface area contributed by atoms with Gasteiger partial charge in [-0.25, -0.2) is 0 Å². The molecule has 0 atom stereocenters. The van der Waals surface area contributed by atoms with Crippen LogP contribution in [0.1, 0.15) is 63.3 Å². The van der Waals surface area contributed by atoms with Crippen molar-refractivity contribution in [2.45, 2.75) is 52.9 Å². The van der Waals surface area contributed by atoms with E-state index in [1.165, 1.54) is 11.1 Å². The molecule has 3 nitrogen and oxygen atoms in total. The predicted molar refractivity (Wildman–Crippen MR) is 122 cm³/mol. The first-order chi connectivity index (χ1) is 13.6. The van der Waals surface area contributed by atoms with Crippen molar-refractivity contribution >= 4 is 29.2 Å². The minimum atomic E-state index is 0.875. The predicted octanol–water partition coefficient (Wildman–Crippen LogP) is 6.68. The van der Waals surface area contributed by atoms with Crippen LogP contribution in [0.25, 0.3) is 11.4 Å². The molecule has 0 saturated heterocycles. The number of allylic oxidation sites excluding steroid dienone is 2. The highest BCUT2D eigenvalue weighted by atomic mass is 35.5. The maximum absolute atomic E-state index is 6.13. The molecule has 148 valence electrons. The standard InChI is InChI=1S/C16H21N3.C8H9Cl/c1-3-5-9-18-14(4-2)15-11-13(8-10-19-15)16(17)12-6-7-12;1-2-7-5-3-4-6-8(7)9/h4,8-11H,3,5-7,17H2,1-2H3;3-6H,2H2,1H3/b14-4-,18-9?;. The van der Waals surface area contributed by atoms with Crippen LogP contribution in [-0.2, 0) is 6.42 Å². The Morgan fingerprint density at radius 3 is 2.54 bits per heavy atom. The van der Waals surface area contributed by atoms with Crippen LogP contribution in [0.15, 0.2) is 59.2 Å². The van der Waals surface area contributed by atoms with Gasteiger partial charge in [0.25, 0.3) is 0 Å². The summed E-state index contributed by atoms with van der Waals surface area (Å²) in [5.74, 6) is 0. The number of nitrogens with two attached hydrogens (primary N) is 1. The van der Waals surface area contributed by atoms with Crippen molar-refractivity contribution in [3.05, 3.63) is 76.1 Å². The van der Waals surface area contributed by atoms with Crippen LogP contribution in [-0.4, -0.2) is 11.2 Å². The molecule has 2 aromatic rings. The highest BCUT2D eigenvalue weighted by Gasteiger charge is 2.17. The molecule has 0 bridgehead atoms. The highest BCUT2D eigenvalue weighted by Crippen LogP contribution is 2.33. The summed E-state index contributed by atoms with van der Waals surface area (Å²) < 4.78 is 0. The molecule has 0 amide bonds. The van der Waals surface area contributed by atoms with Crippen LogP contribution in [0.5, 0.6) is 0 Å². The second-order valence-electron chi connectivity index (χ2n) is 6.67. The van der Waals surface area contributed by atoms with Crippen LogP contribution in [0.4, 0.5) is 0 Å². The Hall–Kier alpha value is -2.39. The van der Waals surface area contributed by atoms with Gasteiger partial charge in [0.2, 0.25) is 0 Å². The van der Waals surface area contributed by atoms with Crippen LogP contribution >= 0.6 is 11.6 Å². The second-order valence-corrected chi connectivity index (χ2v) is 7.07. The number of halogens is 1. The molecule has 0 radical (unpaired) electrons. The van der Waals surface area contributed by atoms with Crippen molar-refractivity contribution in [3.8, 4) is 0 Å². The fourth-order valence-electron chi connectivity index (χ4n) is 2.64. The average molecular weight is 396 g/mol. The normalized spacial score (nSPS) is 13.3. The van der Waals surface area contributed by atoms with E-state index < -0.39 is 0 Å². The van der Waals surface area contributed by atoms with Crippen LogP contribution in [0, 0.1) is 0 Å². The average Bonchev–Trinajstić information content (AvgIpc) is 3.57. The Labute approximate surface area is 174 Å². The second kappa shape index (κ2) is 11.5. The van der Waals surface area contributed by atoms with Gasteiger partial charge in [-0.3, -0.25) is 9.98 Å². The third kappa shape index (κ3) is 6.65. The fraction of sp³-hybridized carbons (Fsp3) is 0.333. The zero-order chi connectivity index (χ0) is 20.4. The molecule has 0 spiro atoms. The van der Waals surface area contributed by atoms with E-state index in [1.54, 1.807) is 6.20 Å². The molecule has 0 unspecified atom stereocenters.